The lowest BCUT2D eigenvalue weighted by molar-refractivity contribution is -0.254. The van der Waals surface area contributed by atoms with Crippen molar-refractivity contribution in [1.29, 1.82) is 0 Å². The molecule has 4 nitrogen and oxygen atoms in total. The van der Waals surface area contributed by atoms with E-state index in [1.807, 2.05) is 0 Å². The van der Waals surface area contributed by atoms with E-state index in [-0.39, 0.29) is 23.7 Å². The number of aliphatic hydroxyl groups excluding tert-OH is 2. The van der Waals surface area contributed by atoms with Crippen LogP contribution in [0.15, 0.2) is 0 Å². The minimum atomic E-state index is -1.32. The summed E-state index contributed by atoms with van der Waals surface area (Å²) in [6.07, 6.45) is 13.3. The van der Waals surface area contributed by atoms with Gasteiger partial charge in [0.1, 0.15) is 12.2 Å². The van der Waals surface area contributed by atoms with E-state index >= 15 is 0 Å². The maximum Gasteiger partial charge on any atom is 0.112 e. The molecule has 4 aliphatic rings. The van der Waals surface area contributed by atoms with E-state index in [0.717, 1.165) is 103 Å². The Hall–Kier alpha value is -0.160. The molecular weight excluding hydrogens is 448 g/mol. The third-order valence-corrected chi connectivity index (χ3v) is 11.9. The first-order valence-electron chi connectivity index (χ1n) is 15.9. The number of hydrogen-bond donors (Lipinski definition) is 4. The summed E-state index contributed by atoms with van der Waals surface area (Å²) in [6, 6.07) is 0. The highest BCUT2D eigenvalue weighted by Crippen LogP contribution is 2.52. The summed E-state index contributed by atoms with van der Waals surface area (Å²) in [6.45, 7) is 9.15. The van der Waals surface area contributed by atoms with Crippen LogP contribution in [0, 0.1) is 47.3 Å². The fraction of sp³-hybridized carbons (Fsp3) is 1.00. The zero-order valence-electron chi connectivity index (χ0n) is 23.9. The summed E-state index contributed by atoms with van der Waals surface area (Å²) >= 11 is 0. The Balaban J connectivity index is 1.65. The van der Waals surface area contributed by atoms with Crippen molar-refractivity contribution >= 4 is 0 Å². The summed E-state index contributed by atoms with van der Waals surface area (Å²) in [7, 11) is 0. The van der Waals surface area contributed by atoms with Crippen LogP contribution in [-0.2, 0) is 0 Å². The van der Waals surface area contributed by atoms with Crippen molar-refractivity contribution in [2.75, 3.05) is 0 Å². The predicted octanol–water partition coefficient (Wildman–Crippen LogP) is 6.48. The zero-order valence-corrected chi connectivity index (χ0v) is 23.9. The normalized spacial score (nSPS) is 43.7. The van der Waals surface area contributed by atoms with E-state index in [0.29, 0.717) is 23.7 Å². The molecule has 4 rings (SSSR count). The molecule has 0 bridgehead atoms. The predicted molar refractivity (Wildman–Crippen MR) is 146 cm³/mol. The SMILES string of the molecule is CC1CCC(C(O)(C2CCC(C)CC2)C(O)C(O)C(O)(C2CCC(C)CC2)C2CCC(C)CC2)CC1. The molecule has 0 spiro atoms. The van der Waals surface area contributed by atoms with E-state index in [1.165, 1.54) is 0 Å². The van der Waals surface area contributed by atoms with Gasteiger partial charge >= 0.3 is 0 Å². The van der Waals surface area contributed by atoms with Crippen molar-refractivity contribution in [3.05, 3.63) is 0 Å². The summed E-state index contributed by atoms with van der Waals surface area (Å²) in [5, 5.41) is 49.4. The lowest BCUT2D eigenvalue weighted by atomic mass is 9.56. The van der Waals surface area contributed by atoms with Gasteiger partial charge in [0.05, 0.1) is 11.2 Å². The summed E-state index contributed by atoms with van der Waals surface area (Å²) in [5.74, 6) is 2.62. The van der Waals surface area contributed by atoms with Crippen LogP contribution in [-0.4, -0.2) is 43.8 Å². The van der Waals surface area contributed by atoms with Crippen LogP contribution in [0.4, 0.5) is 0 Å². The average Bonchev–Trinajstić information content (AvgIpc) is 2.88. The van der Waals surface area contributed by atoms with Gasteiger partial charge in [-0.2, -0.15) is 0 Å². The molecule has 36 heavy (non-hydrogen) atoms. The molecule has 0 heterocycles. The fourth-order valence-corrected chi connectivity index (χ4v) is 9.03. The van der Waals surface area contributed by atoms with Gasteiger partial charge in [-0.1, -0.05) is 79.1 Å². The van der Waals surface area contributed by atoms with Gasteiger partial charge in [-0.3, -0.25) is 0 Å². The highest BCUT2D eigenvalue weighted by molar-refractivity contribution is 5.10. The van der Waals surface area contributed by atoms with Crippen LogP contribution in [0.25, 0.3) is 0 Å². The molecule has 2 atom stereocenters. The van der Waals surface area contributed by atoms with Gasteiger partial charge in [0.2, 0.25) is 0 Å². The third-order valence-electron chi connectivity index (χ3n) is 11.9. The maximum absolute atomic E-state index is 12.6. The fourth-order valence-electron chi connectivity index (χ4n) is 9.03. The van der Waals surface area contributed by atoms with Gasteiger partial charge in [-0.15, -0.1) is 0 Å². The second-order valence-corrected chi connectivity index (χ2v) is 14.5. The van der Waals surface area contributed by atoms with E-state index in [9.17, 15) is 20.4 Å². The molecule has 4 N–H and O–H groups in total. The molecule has 0 aromatic carbocycles. The lowest BCUT2D eigenvalue weighted by Crippen LogP contribution is -2.68. The van der Waals surface area contributed by atoms with E-state index in [4.69, 9.17) is 0 Å². The van der Waals surface area contributed by atoms with E-state index < -0.39 is 23.4 Å². The molecule has 0 aromatic heterocycles. The molecule has 4 saturated carbocycles. The highest BCUT2D eigenvalue weighted by atomic mass is 16.4. The monoisotopic (exact) mass is 506 g/mol. The van der Waals surface area contributed by atoms with Crippen LogP contribution in [0.1, 0.15) is 130 Å². The van der Waals surface area contributed by atoms with E-state index in [1.54, 1.807) is 0 Å². The Bertz CT molecular complexity index is 560. The van der Waals surface area contributed by atoms with Crippen molar-refractivity contribution in [3.63, 3.8) is 0 Å². The second-order valence-electron chi connectivity index (χ2n) is 14.5. The van der Waals surface area contributed by atoms with Crippen molar-refractivity contribution in [1.82, 2.24) is 0 Å². The number of hydrogen-bond acceptors (Lipinski definition) is 4. The third kappa shape index (κ3) is 5.73. The average molecular weight is 507 g/mol. The van der Waals surface area contributed by atoms with Gasteiger partial charge in [0, 0.05) is 0 Å². The van der Waals surface area contributed by atoms with Crippen molar-refractivity contribution in [2.45, 2.75) is 154 Å². The minimum absolute atomic E-state index is 0.00115. The largest absolute Gasteiger partial charge is 0.387 e. The van der Waals surface area contributed by atoms with Gasteiger partial charge in [-0.25, -0.2) is 0 Å². The Morgan fingerprint density at radius 1 is 0.389 bits per heavy atom. The quantitative estimate of drug-likeness (QED) is 0.319. The van der Waals surface area contributed by atoms with Crippen LogP contribution in [0.2, 0.25) is 0 Å². The van der Waals surface area contributed by atoms with Crippen LogP contribution < -0.4 is 0 Å². The minimum Gasteiger partial charge on any atom is -0.387 e. The number of aliphatic hydroxyl groups is 4. The van der Waals surface area contributed by atoms with Gasteiger partial charge < -0.3 is 20.4 Å². The molecule has 210 valence electrons. The molecule has 0 radical (unpaired) electrons. The molecule has 4 aliphatic carbocycles. The molecule has 4 fully saturated rings. The summed E-state index contributed by atoms with van der Waals surface area (Å²) in [5.41, 5.74) is -2.64. The standard InChI is InChI=1S/C32H58O4/c1-21-5-13-25(14-6-21)31(35,26-15-7-22(2)8-16-26)29(33)30(34)32(36,27-17-9-23(3)10-18-27)28-19-11-24(4)12-20-28/h21-30,33-36H,5-20H2,1-4H3. The topological polar surface area (TPSA) is 80.9 Å². The van der Waals surface area contributed by atoms with Gasteiger partial charge in [0.25, 0.3) is 0 Å². The summed E-state index contributed by atoms with van der Waals surface area (Å²) in [4.78, 5) is 0. The Kier molecular flexibility index (Phi) is 9.55. The maximum atomic E-state index is 12.6. The second kappa shape index (κ2) is 11.9. The molecule has 0 aliphatic heterocycles. The smallest absolute Gasteiger partial charge is 0.112 e. The Morgan fingerprint density at radius 2 is 0.556 bits per heavy atom. The lowest BCUT2D eigenvalue weighted by Gasteiger charge is -2.55. The van der Waals surface area contributed by atoms with Gasteiger partial charge in [-0.05, 0) is 98.7 Å². The first kappa shape index (κ1) is 28.8. The van der Waals surface area contributed by atoms with Crippen LogP contribution in [0.3, 0.4) is 0 Å². The van der Waals surface area contributed by atoms with E-state index in [2.05, 4.69) is 27.7 Å². The molecule has 4 heteroatoms. The van der Waals surface area contributed by atoms with Crippen LogP contribution in [0.5, 0.6) is 0 Å². The molecule has 0 saturated heterocycles. The zero-order chi connectivity index (χ0) is 26.1. The molecule has 0 aromatic rings. The van der Waals surface area contributed by atoms with Crippen LogP contribution >= 0.6 is 0 Å². The Morgan fingerprint density at radius 3 is 0.722 bits per heavy atom. The van der Waals surface area contributed by atoms with Gasteiger partial charge in [0.15, 0.2) is 0 Å². The van der Waals surface area contributed by atoms with Crippen molar-refractivity contribution in [2.24, 2.45) is 47.3 Å². The summed E-state index contributed by atoms with van der Waals surface area (Å²) < 4.78 is 0. The highest BCUT2D eigenvalue weighted by Gasteiger charge is 2.59. The molecular formula is C32H58O4. The molecule has 2 unspecified atom stereocenters. The van der Waals surface area contributed by atoms with Crippen molar-refractivity contribution in [3.8, 4) is 0 Å². The molecule has 0 amide bonds. The first-order valence-corrected chi connectivity index (χ1v) is 15.9. The Labute approximate surface area is 221 Å². The van der Waals surface area contributed by atoms with Crippen molar-refractivity contribution < 1.29 is 20.4 Å². The first-order chi connectivity index (χ1) is 17.1. The number of rotatable bonds is 7.